The second-order valence-corrected chi connectivity index (χ2v) is 2.87. The molecule has 0 aliphatic heterocycles. The summed E-state index contributed by atoms with van der Waals surface area (Å²) < 4.78 is 0. The molecule has 1 aromatic rings. The first kappa shape index (κ1) is 9.00. The number of hydrogen-bond acceptors (Lipinski definition) is 2. The van der Waals surface area contributed by atoms with Gasteiger partial charge in [-0.1, -0.05) is 6.92 Å². The Morgan fingerprint density at radius 3 is 2.83 bits per heavy atom. The molecular weight excluding hydrogens is 154 g/mol. The van der Waals surface area contributed by atoms with Gasteiger partial charge in [-0.05, 0) is 25.0 Å². The fourth-order valence-corrected chi connectivity index (χ4v) is 1.05. The maximum Gasteiger partial charge on any atom is 0.250 e. The van der Waals surface area contributed by atoms with Crippen LogP contribution < -0.4 is 5.56 Å². The van der Waals surface area contributed by atoms with Crippen molar-refractivity contribution in [2.24, 2.45) is 0 Å². The summed E-state index contributed by atoms with van der Waals surface area (Å²) >= 11 is 0. The van der Waals surface area contributed by atoms with Crippen LogP contribution in [0.4, 0.5) is 0 Å². The fraction of sp³-hybridized carbons (Fsp3) is 0.444. The topological polar surface area (TPSA) is 53.1 Å². The van der Waals surface area contributed by atoms with E-state index in [0.29, 0.717) is 12.0 Å². The minimum absolute atomic E-state index is 0.0953. The van der Waals surface area contributed by atoms with Gasteiger partial charge in [0.15, 0.2) is 0 Å². The number of hydrogen-bond donors (Lipinski definition) is 2. The van der Waals surface area contributed by atoms with Crippen LogP contribution in [0.1, 0.15) is 30.6 Å². The van der Waals surface area contributed by atoms with Gasteiger partial charge in [0.1, 0.15) is 0 Å². The molecule has 0 aromatic carbocycles. The van der Waals surface area contributed by atoms with Crippen LogP contribution in [0.25, 0.3) is 0 Å². The minimum Gasteiger partial charge on any atom is -0.388 e. The lowest BCUT2D eigenvalue weighted by Crippen LogP contribution is -2.10. The van der Waals surface area contributed by atoms with E-state index in [1.54, 1.807) is 19.2 Å². The molecule has 0 fully saturated rings. The third kappa shape index (κ3) is 1.74. The van der Waals surface area contributed by atoms with Gasteiger partial charge in [-0.25, -0.2) is 0 Å². The lowest BCUT2D eigenvalue weighted by atomic mass is 10.1. The number of rotatable bonds is 2. The summed E-state index contributed by atoms with van der Waals surface area (Å²) in [5.74, 6) is 0. The maximum absolute atomic E-state index is 10.9. The molecule has 0 bridgehead atoms. The molecule has 2 N–H and O–H groups in total. The molecule has 1 rings (SSSR count). The van der Waals surface area contributed by atoms with Crippen molar-refractivity contribution >= 4 is 0 Å². The van der Waals surface area contributed by atoms with Crippen LogP contribution in [-0.2, 0) is 0 Å². The van der Waals surface area contributed by atoms with Crippen LogP contribution in [-0.4, -0.2) is 10.1 Å². The average Bonchev–Trinajstić information content (AvgIpc) is 2.08. The van der Waals surface area contributed by atoms with Crippen molar-refractivity contribution < 1.29 is 5.11 Å². The summed E-state index contributed by atoms with van der Waals surface area (Å²) in [5.41, 5.74) is 1.32. The highest BCUT2D eigenvalue weighted by Gasteiger charge is 2.05. The zero-order valence-electron chi connectivity index (χ0n) is 7.29. The Balaban J connectivity index is 3.04. The molecule has 12 heavy (non-hydrogen) atoms. The number of aryl methyl sites for hydroxylation is 1. The Labute approximate surface area is 71.1 Å². The summed E-state index contributed by atoms with van der Waals surface area (Å²) in [6, 6.07) is 1.72. The van der Waals surface area contributed by atoms with Crippen molar-refractivity contribution in [3.8, 4) is 0 Å². The number of aliphatic hydroxyl groups excluding tert-OH is 1. The van der Waals surface area contributed by atoms with Crippen LogP contribution in [0.2, 0.25) is 0 Å². The van der Waals surface area contributed by atoms with Gasteiger partial charge in [0.25, 0.3) is 5.56 Å². The third-order valence-electron chi connectivity index (χ3n) is 1.88. The number of pyridine rings is 1. The zero-order chi connectivity index (χ0) is 9.14. The van der Waals surface area contributed by atoms with E-state index in [2.05, 4.69) is 4.98 Å². The Morgan fingerprint density at radius 1 is 1.67 bits per heavy atom. The highest BCUT2D eigenvalue weighted by molar-refractivity contribution is 5.18. The van der Waals surface area contributed by atoms with Crippen LogP contribution in [0.5, 0.6) is 0 Å². The first-order chi connectivity index (χ1) is 5.65. The molecule has 0 radical (unpaired) electrons. The van der Waals surface area contributed by atoms with Gasteiger partial charge in [-0.3, -0.25) is 4.79 Å². The lowest BCUT2D eigenvalue weighted by molar-refractivity contribution is 0.173. The second-order valence-electron chi connectivity index (χ2n) is 2.87. The van der Waals surface area contributed by atoms with Gasteiger partial charge in [0, 0.05) is 11.8 Å². The van der Waals surface area contributed by atoms with Crippen molar-refractivity contribution in [1.29, 1.82) is 0 Å². The van der Waals surface area contributed by atoms with E-state index < -0.39 is 6.10 Å². The average molecular weight is 167 g/mol. The van der Waals surface area contributed by atoms with Gasteiger partial charge in [-0.2, -0.15) is 0 Å². The third-order valence-corrected chi connectivity index (χ3v) is 1.88. The highest BCUT2D eigenvalue weighted by Crippen LogP contribution is 2.13. The molecule has 0 spiro atoms. The van der Waals surface area contributed by atoms with E-state index in [9.17, 15) is 9.90 Å². The molecule has 3 nitrogen and oxygen atoms in total. The standard InChI is InChI=1S/C9H13NO2/c1-3-8(11)7-4-6(2)9(12)10-5-7/h4-5,8,11H,3H2,1-2H3,(H,10,12)/t8-/m1/s1. The summed E-state index contributed by atoms with van der Waals surface area (Å²) in [5, 5.41) is 9.42. The molecule has 1 heterocycles. The van der Waals surface area contributed by atoms with Crippen molar-refractivity contribution in [3.63, 3.8) is 0 Å². The van der Waals surface area contributed by atoms with Crippen LogP contribution in [0.3, 0.4) is 0 Å². The zero-order valence-corrected chi connectivity index (χ0v) is 7.29. The lowest BCUT2D eigenvalue weighted by Gasteiger charge is -2.07. The van der Waals surface area contributed by atoms with E-state index >= 15 is 0 Å². The summed E-state index contributed by atoms with van der Waals surface area (Å²) in [6.07, 6.45) is 1.75. The molecular formula is C9H13NO2. The van der Waals surface area contributed by atoms with Gasteiger partial charge in [0.2, 0.25) is 0 Å². The smallest absolute Gasteiger partial charge is 0.250 e. The first-order valence-corrected chi connectivity index (χ1v) is 4.02. The van der Waals surface area contributed by atoms with Crippen LogP contribution in [0, 0.1) is 6.92 Å². The number of aliphatic hydroxyl groups is 1. The van der Waals surface area contributed by atoms with Gasteiger partial charge in [0.05, 0.1) is 6.10 Å². The maximum atomic E-state index is 10.9. The Morgan fingerprint density at radius 2 is 2.33 bits per heavy atom. The van der Waals surface area contributed by atoms with E-state index in [4.69, 9.17) is 0 Å². The van der Waals surface area contributed by atoms with Crippen molar-refractivity contribution in [2.45, 2.75) is 26.4 Å². The van der Waals surface area contributed by atoms with E-state index in [1.807, 2.05) is 6.92 Å². The molecule has 0 saturated heterocycles. The summed E-state index contributed by atoms with van der Waals surface area (Å²) in [4.78, 5) is 13.5. The van der Waals surface area contributed by atoms with Gasteiger partial charge in [-0.15, -0.1) is 0 Å². The number of aromatic nitrogens is 1. The van der Waals surface area contributed by atoms with Crippen molar-refractivity contribution in [3.05, 3.63) is 33.7 Å². The number of aromatic amines is 1. The van der Waals surface area contributed by atoms with Gasteiger partial charge < -0.3 is 10.1 Å². The monoisotopic (exact) mass is 167 g/mol. The summed E-state index contributed by atoms with van der Waals surface area (Å²) in [6.45, 7) is 3.62. The second kappa shape index (κ2) is 3.54. The molecule has 0 amide bonds. The van der Waals surface area contributed by atoms with Crippen LogP contribution >= 0.6 is 0 Å². The van der Waals surface area contributed by atoms with Gasteiger partial charge >= 0.3 is 0 Å². The Kier molecular flexibility index (Phi) is 2.65. The molecule has 0 unspecified atom stereocenters. The van der Waals surface area contributed by atoms with Crippen molar-refractivity contribution in [1.82, 2.24) is 4.98 Å². The molecule has 66 valence electrons. The minimum atomic E-state index is -0.472. The summed E-state index contributed by atoms with van der Waals surface area (Å²) in [7, 11) is 0. The predicted molar refractivity (Wildman–Crippen MR) is 47.1 cm³/mol. The molecule has 3 heteroatoms. The van der Waals surface area contributed by atoms with Crippen LogP contribution in [0.15, 0.2) is 17.1 Å². The molecule has 1 atom stereocenters. The van der Waals surface area contributed by atoms with E-state index in [1.165, 1.54) is 0 Å². The van der Waals surface area contributed by atoms with Crippen molar-refractivity contribution in [2.75, 3.05) is 0 Å². The fourth-order valence-electron chi connectivity index (χ4n) is 1.05. The number of H-pyrrole nitrogens is 1. The Hall–Kier alpha value is -1.09. The van der Waals surface area contributed by atoms with E-state index in [-0.39, 0.29) is 5.56 Å². The quantitative estimate of drug-likeness (QED) is 0.693. The van der Waals surface area contributed by atoms with E-state index in [0.717, 1.165) is 5.56 Å². The SMILES string of the molecule is CC[C@@H](O)c1c[nH]c(=O)c(C)c1. The molecule has 0 aliphatic carbocycles. The Bertz CT molecular complexity index is 317. The first-order valence-electron chi connectivity index (χ1n) is 4.02. The molecule has 0 saturated carbocycles. The highest BCUT2D eigenvalue weighted by atomic mass is 16.3. The number of nitrogens with one attached hydrogen (secondary N) is 1. The molecule has 1 aromatic heterocycles. The predicted octanol–water partition coefficient (Wildman–Crippen LogP) is 1.13. The normalized spacial score (nSPS) is 12.9. The largest absolute Gasteiger partial charge is 0.388 e. The molecule has 0 aliphatic rings.